The largest absolute Gasteiger partial charge is 0.0654 e. The Morgan fingerprint density at radius 3 is 2.54 bits per heavy atom. The standard InChI is InChI=1S/C13H25/c1-4-5-6-7-13-9-8-11(2)12(3)10-13/h6,11-13H,4-5,7-10H2,1-3H3. The van der Waals surface area contributed by atoms with Crippen LogP contribution in [-0.2, 0) is 0 Å². The number of hydrogen-bond acceptors (Lipinski definition) is 0. The van der Waals surface area contributed by atoms with Crippen LogP contribution in [0.3, 0.4) is 0 Å². The molecule has 0 aromatic heterocycles. The van der Waals surface area contributed by atoms with E-state index < -0.39 is 0 Å². The van der Waals surface area contributed by atoms with E-state index in [1.54, 1.807) is 0 Å². The van der Waals surface area contributed by atoms with Crippen molar-refractivity contribution >= 4 is 0 Å². The SMILES string of the molecule is CCC[CH]CC1CCC(C)C(C)C1. The summed E-state index contributed by atoms with van der Waals surface area (Å²) in [5.74, 6) is 2.95. The van der Waals surface area contributed by atoms with Gasteiger partial charge in [0, 0.05) is 0 Å². The highest BCUT2D eigenvalue weighted by molar-refractivity contribution is 4.79. The molecule has 1 radical (unpaired) electrons. The van der Waals surface area contributed by atoms with Crippen molar-refractivity contribution in [2.45, 2.75) is 59.3 Å². The lowest BCUT2D eigenvalue weighted by molar-refractivity contribution is 0.206. The van der Waals surface area contributed by atoms with E-state index in [0.717, 1.165) is 17.8 Å². The summed E-state index contributed by atoms with van der Waals surface area (Å²) in [5, 5.41) is 0. The van der Waals surface area contributed by atoms with Crippen molar-refractivity contribution in [1.82, 2.24) is 0 Å². The van der Waals surface area contributed by atoms with Crippen LogP contribution in [-0.4, -0.2) is 0 Å². The van der Waals surface area contributed by atoms with Gasteiger partial charge in [-0.3, -0.25) is 0 Å². The Labute approximate surface area is 84.1 Å². The molecule has 3 atom stereocenters. The van der Waals surface area contributed by atoms with Crippen molar-refractivity contribution < 1.29 is 0 Å². The first-order chi connectivity index (χ1) is 6.24. The fourth-order valence-corrected chi connectivity index (χ4v) is 2.43. The van der Waals surface area contributed by atoms with Crippen molar-refractivity contribution in [3.8, 4) is 0 Å². The van der Waals surface area contributed by atoms with E-state index in [1.165, 1.54) is 38.5 Å². The Bertz CT molecular complexity index is 128. The molecule has 0 saturated heterocycles. The van der Waals surface area contributed by atoms with Crippen molar-refractivity contribution in [3.63, 3.8) is 0 Å². The lowest BCUT2D eigenvalue weighted by atomic mass is 9.74. The first-order valence-electron chi connectivity index (χ1n) is 6.05. The van der Waals surface area contributed by atoms with Gasteiger partial charge in [0.2, 0.25) is 0 Å². The van der Waals surface area contributed by atoms with E-state index in [-0.39, 0.29) is 0 Å². The highest BCUT2D eigenvalue weighted by Gasteiger charge is 2.23. The molecule has 0 aliphatic heterocycles. The van der Waals surface area contributed by atoms with Gasteiger partial charge in [-0.25, -0.2) is 0 Å². The molecule has 1 aliphatic carbocycles. The molecule has 1 rings (SSSR count). The van der Waals surface area contributed by atoms with Crippen LogP contribution in [0.2, 0.25) is 0 Å². The first-order valence-corrected chi connectivity index (χ1v) is 6.05. The number of rotatable bonds is 4. The van der Waals surface area contributed by atoms with Gasteiger partial charge in [-0.15, -0.1) is 0 Å². The van der Waals surface area contributed by atoms with Crippen LogP contribution in [0.4, 0.5) is 0 Å². The van der Waals surface area contributed by atoms with Crippen LogP contribution in [0, 0.1) is 24.2 Å². The van der Waals surface area contributed by atoms with E-state index in [0.29, 0.717) is 0 Å². The van der Waals surface area contributed by atoms with Crippen molar-refractivity contribution in [2.24, 2.45) is 17.8 Å². The fraction of sp³-hybridized carbons (Fsp3) is 0.923. The monoisotopic (exact) mass is 181 g/mol. The van der Waals surface area contributed by atoms with Crippen LogP contribution in [0.5, 0.6) is 0 Å². The van der Waals surface area contributed by atoms with Gasteiger partial charge >= 0.3 is 0 Å². The summed E-state index contributed by atoms with van der Waals surface area (Å²) in [6.07, 6.45) is 10.9. The lowest BCUT2D eigenvalue weighted by Gasteiger charge is -2.32. The summed E-state index contributed by atoms with van der Waals surface area (Å²) in [5.41, 5.74) is 0. The summed E-state index contributed by atoms with van der Waals surface area (Å²) < 4.78 is 0. The second-order valence-electron chi connectivity index (χ2n) is 4.95. The van der Waals surface area contributed by atoms with Crippen molar-refractivity contribution in [3.05, 3.63) is 6.42 Å². The zero-order valence-corrected chi connectivity index (χ0v) is 9.55. The highest BCUT2D eigenvalue weighted by Crippen LogP contribution is 2.35. The Morgan fingerprint density at radius 1 is 1.15 bits per heavy atom. The average Bonchev–Trinajstić information content (AvgIpc) is 2.12. The second-order valence-corrected chi connectivity index (χ2v) is 4.95. The van der Waals surface area contributed by atoms with Crippen LogP contribution in [0.15, 0.2) is 0 Å². The summed E-state index contributed by atoms with van der Waals surface area (Å²) in [6.45, 7) is 7.11. The predicted molar refractivity (Wildman–Crippen MR) is 59.5 cm³/mol. The summed E-state index contributed by atoms with van der Waals surface area (Å²) in [4.78, 5) is 0. The number of unbranched alkanes of at least 4 members (excludes halogenated alkanes) is 2. The smallest absolute Gasteiger partial charge is 0.0383 e. The van der Waals surface area contributed by atoms with Gasteiger partial charge in [-0.2, -0.15) is 0 Å². The average molecular weight is 181 g/mol. The van der Waals surface area contributed by atoms with E-state index in [9.17, 15) is 0 Å². The maximum atomic E-state index is 2.51. The minimum atomic E-state index is 0.966. The predicted octanol–water partition coefficient (Wildman–Crippen LogP) is 4.45. The summed E-state index contributed by atoms with van der Waals surface area (Å²) in [7, 11) is 0. The lowest BCUT2D eigenvalue weighted by Crippen LogP contribution is -2.20. The van der Waals surface area contributed by atoms with Gasteiger partial charge in [0.1, 0.15) is 0 Å². The fourth-order valence-electron chi connectivity index (χ4n) is 2.43. The van der Waals surface area contributed by atoms with E-state index in [2.05, 4.69) is 27.2 Å². The minimum Gasteiger partial charge on any atom is -0.0654 e. The molecule has 0 aromatic carbocycles. The molecule has 0 heteroatoms. The summed E-state index contributed by atoms with van der Waals surface area (Å²) >= 11 is 0. The van der Waals surface area contributed by atoms with Gasteiger partial charge in [-0.1, -0.05) is 46.5 Å². The van der Waals surface area contributed by atoms with Gasteiger partial charge in [0.05, 0.1) is 0 Å². The van der Waals surface area contributed by atoms with Gasteiger partial charge in [0.25, 0.3) is 0 Å². The zero-order chi connectivity index (χ0) is 9.68. The molecule has 1 saturated carbocycles. The zero-order valence-electron chi connectivity index (χ0n) is 9.55. The van der Waals surface area contributed by atoms with Gasteiger partial charge in [0.15, 0.2) is 0 Å². The summed E-state index contributed by atoms with van der Waals surface area (Å²) in [6, 6.07) is 0. The Balaban J connectivity index is 2.14. The molecule has 0 N–H and O–H groups in total. The van der Waals surface area contributed by atoms with Crippen LogP contribution < -0.4 is 0 Å². The molecule has 1 fully saturated rings. The molecule has 3 unspecified atom stereocenters. The molecule has 0 heterocycles. The Morgan fingerprint density at radius 2 is 1.92 bits per heavy atom. The van der Waals surface area contributed by atoms with Crippen molar-refractivity contribution in [2.75, 3.05) is 0 Å². The maximum absolute atomic E-state index is 2.51. The van der Waals surface area contributed by atoms with E-state index >= 15 is 0 Å². The molecule has 13 heavy (non-hydrogen) atoms. The topological polar surface area (TPSA) is 0 Å². The van der Waals surface area contributed by atoms with E-state index in [4.69, 9.17) is 0 Å². The maximum Gasteiger partial charge on any atom is -0.0383 e. The van der Waals surface area contributed by atoms with Crippen LogP contribution >= 0.6 is 0 Å². The van der Waals surface area contributed by atoms with E-state index in [1.807, 2.05) is 0 Å². The molecular formula is C13H25. The normalized spacial score (nSPS) is 34.8. The van der Waals surface area contributed by atoms with Crippen molar-refractivity contribution in [1.29, 1.82) is 0 Å². The molecule has 77 valence electrons. The molecule has 0 nitrogen and oxygen atoms in total. The quantitative estimate of drug-likeness (QED) is 0.562. The second kappa shape index (κ2) is 5.67. The molecule has 0 aromatic rings. The first kappa shape index (κ1) is 11.1. The third-order valence-corrected chi connectivity index (χ3v) is 3.70. The third kappa shape index (κ3) is 3.70. The molecule has 0 spiro atoms. The Hall–Kier alpha value is 0. The van der Waals surface area contributed by atoms with Gasteiger partial charge in [-0.05, 0) is 37.0 Å². The minimum absolute atomic E-state index is 0.966. The molecule has 1 aliphatic rings. The third-order valence-electron chi connectivity index (χ3n) is 3.70. The molecule has 0 bridgehead atoms. The highest BCUT2D eigenvalue weighted by atomic mass is 14.3. The van der Waals surface area contributed by atoms with Gasteiger partial charge < -0.3 is 0 Å². The van der Waals surface area contributed by atoms with Crippen LogP contribution in [0.25, 0.3) is 0 Å². The van der Waals surface area contributed by atoms with Crippen LogP contribution in [0.1, 0.15) is 59.3 Å². The number of hydrogen-bond donors (Lipinski definition) is 0. The molecule has 0 amide bonds. The Kier molecular flexibility index (Phi) is 4.83. The molecular weight excluding hydrogens is 156 g/mol.